The number of rotatable bonds is 8. The van der Waals surface area contributed by atoms with Crippen LogP contribution in [-0.2, 0) is 24.2 Å². The molecule has 2 aromatic heterocycles. The molecule has 1 aliphatic heterocycles. The van der Waals surface area contributed by atoms with Gasteiger partial charge in [-0.2, -0.15) is 5.10 Å². The molecule has 212 valence electrons. The van der Waals surface area contributed by atoms with E-state index in [-0.39, 0.29) is 24.8 Å². The van der Waals surface area contributed by atoms with Gasteiger partial charge in [0.1, 0.15) is 31.2 Å². The summed E-state index contributed by atoms with van der Waals surface area (Å²) in [5.41, 5.74) is 0.0479. The molecule has 0 aliphatic carbocycles. The first-order valence-corrected chi connectivity index (χ1v) is 13.6. The quantitative estimate of drug-likeness (QED) is 0.296. The molecule has 3 aromatic rings. The van der Waals surface area contributed by atoms with E-state index >= 15 is 0 Å². The Kier molecular flexibility index (Phi) is 10.6. The van der Waals surface area contributed by atoms with Crippen molar-refractivity contribution in [3.05, 3.63) is 73.2 Å². The highest BCUT2D eigenvalue weighted by Gasteiger charge is 2.40. The van der Waals surface area contributed by atoms with Crippen molar-refractivity contribution in [1.29, 1.82) is 0 Å². The van der Waals surface area contributed by atoms with Gasteiger partial charge in [0.15, 0.2) is 9.50 Å². The summed E-state index contributed by atoms with van der Waals surface area (Å²) < 4.78 is 7.41. The lowest BCUT2D eigenvalue weighted by atomic mass is 9.73. The van der Waals surface area contributed by atoms with Gasteiger partial charge in [0.05, 0.1) is 18.7 Å². The minimum Gasteiger partial charge on any atom is -0.387 e. The van der Waals surface area contributed by atoms with Crippen LogP contribution in [0.3, 0.4) is 0 Å². The lowest BCUT2D eigenvalue weighted by Crippen LogP contribution is -2.49. The van der Waals surface area contributed by atoms with Gasteiger partial charge in [-0.25, -0.2) is 20.1 Å². The van der Waals surface area contributed by atoms with Crippen LogP contribution in [0.25, 0.3) is 0 Å². The number of nitro groups is 1. The van der Waals surface area contributed by atoms with E-state index in [0.29, 0.717) is 24.0 Å². The van der Waals surface area contributed by atoms with Crippen molar-refractivity contribution in [1.82, 2.24) is 29.5 Å². The van der Waals surface area contributed by atoms with E-state index in [0.717, 1.165) is 16.3 Å². The predicted molar refractivity (Wildman–Crippen MR) is 150 cm³/mol. The number of aromatic nitrogens is 4. The van der Waals surface area contributed by atoms with Gasteiger partial charge in [0.25, 0.3) is 5.96 Å². The van der Waals surface area contributed by atoms with Crippen LogP contribution >= 0.6 is 34.5 Å². The molecule has 12 nitrogen and oxygen atoms in total. The third-order valence-electron chi connectivity index (χ3n) is 6.23. The Balaban J connectivity index is 0.000000218. The number of hydrazone groups is 1. The topological polar surface area (TPSA) is 135 Å². The molecule has 3 heterocycles. The second-order valence-electron chi connectivity index (χ2n) is 10.1. The van der Waals surface area contributed by atoms with Crippen LogP contribution in [0.15, 0.2) is 48.2 Å². The number of aryl methyl sites for hydroxylation is 1. The smallest absolute Gasteiger partial charge is 0.277 e. The number of halogens is 2. The van der Waals surface area contributed by atoms with Crippen molar-refractivity contribution in [3.8, 4) is 0 Å². The molecule has 1 atom stereocenters. The fraction of sp³-hybridized carbons (Fsp3) is 0.500. The molecule has 0 saturated carbocycles. The lowest BCUT2D eigenvalue weighted by molar-refractivity contribution is -0.486. The van der Waals surface area contributed by atoms with Crippen molar-refractivity contribution in [3.63, 3.8) is 0 Å². The summed E-state index contributed by atoms with van der Waals surface area (Å²) in [4.78, 5) is 22.5. The fourth-order valence-corrected chi connectivity index (χ4v) is 4.91. The third-order valence-corrected chi connectivity index (χ3v) is 7.58. The number of aliphatic hydroxyl groups is 1. The highest BCUT2D eigenvalue weighted by atomic mass is 35.5. The molecule has 0 radical (unpaired) electrons. The molecule has 15 heteroatoms. The van der Waals surface area contributed by atoms with E-state index in [9.17, 15) is 15.2 Å². The maximum Gasteiger partial charge on any atom is 0.277 e. The summed E-state index contributed by atoms with van der Waals surface area (Å²) in [5.74, 6) is 0.260. The molecular weight excluding hydrogens is 567 g/mol. The number of nitrogens with zero attached hydrogens (tertiary/aromatic N) is 8. The first-order valence-electron chi connectivity index (χ1n) is 12.0. The molecule has 1 N–H and O–H groups in total. The molecule has 1 aromatic carbocycles. The zero-order valence-corrected chi connectivity index (χ0v) is 24.5. The van der Waals surface area contributed by atoms with Crippen LogP contribution in [0.5, 0.6) is 0 Å². The molecule has 0 spiro atoms. The van der Waals surface area contributed by atoms with Gasteiger partial charge < -0.3 is 19.6 Å². The van der Waals surface area contributed by atoms with Crippen LogP contribution in [0.1, 0.15) is 37.6 Å². The Morgan fingerprint density at radius 1 is 1.23 bits per heavy atom. The summed E-state index contributed by atoms with van der Waals surface area (Å²) in [6, 6.07) is 7.76. The minimum atomic E-state index is -0.861. The van der Waals surface area contributed by atoms with Crippen LogP contribution < -0.4 is 0 Å². The Morgan fingerprint density at radius 2 is 1.95 bits per heavy atom. The number of thiazole rings is 1. The van der Waals surface area contributed by atoms with E-state index in [4.69, 9.17) is 27.9 Å². The van der Waals surface area contributed by atoms with E-state index in [1.807, 2.05) is 45.0 Å². The molecule has 1 unspecified atom stereocenters. The van der Waals surface area contributed by atoms with Crippen molar-refractivity contribution in [2.45, 2.75) is 52.3 Å². The van der Waals surface area contributed by atoms with Gasteiger partial charge in [-0.05, 0) is 36.0 Å². The van der Waals surface area contributed by atoms with Gasteiger partial charge >= 0.3 is 0 Å². The second kappa shape index (κ2) is 13.5. The predicted octanol–water partition coefficient (Wildman–Crippen LogP) is 4.36. The number of ether oxygens (including phenoxy) is 1. The molecule has 0 amide bonds. The first kappa shape index (κ1) is 30.7. The fourth-order valence-electron chi connectivity index (χ4n) is 3.79. The van der Waals surface area contributed by atoms with Crippen LogP contribution in [-0.4, -0.2) is 71.8 Å². The average molecular weight is 600 g/mol. The molecular formula is C24H32Cl2N8O4S. The number of hydrogen-bond donors (Lipinski definition) is 1. The Hall–Kier alpha value is -2.84. The number of guanidine groups is 1. The van der Waals surface area contributed by atoms with Crippen LogP contribution in [0.4, 0.5) is 0 Å². The summed E-state index contributed by atoms with van der Waals surface area (Å²) in [5, 5.41) is 29.1. The van der Waals surface area contributed by atoms with Gasteiger partial charge in [-0.3, -0.25) is 4.68 Å². The van der Waals surface area contributed by atoms with E-state index in [1.165, 1.54) is 23.2 Å². The van der Waals surface area contributed by atoms with Crippen LogP contribution in [0, 0.1) is 15.5 Å². The zero-order valence-electron chi connectivity index (χ0n) is 22.2. The highest BCUT2D eigenvalue weighted by molar-refractivity contribution is 7.15. The first-order chi connectivity index (χ1) is 18.4. The Bertz CT molecular complexity index is 1230. The second-order valence-corrected chi connectivity index (χ2v) is 12.2. The zero-order chi connectivity index (χ0) is 28.6. The van der Waals surface area contributed by atoms with Gasteiger partial charge in [0, 0.05) is 23.1 Å². The summed E-state index contributed by atoms with van der Waals surface area (Å²) in [7, 11) is 1.67. The maximum absolute atomic E-state index is 11.1. The summed E-state index contributed by atoms with van der Waals surface area (Å²) >= 11 is 13.0. The standard InChI is InChI=1S/C16H22ClN3O.C8H10ClN5O3S/c1-15(2,3)16(21,10-20-12-18-11-19-20)9-8-13-4-6-14(17)7-5-13;1-12-4-17-5-13(8(12)11-14(15)16)3-6-2-10-7(9)18-6/h4-7,11-12,21H,8-10H2,1-3H3;2H,3-5H2,1H3/b;11-8+. The van der Waals surface area contributed by atoms with Crippen molar-refractivity contribution in [2.75, 3.05) is 20.5 Å². The number of hydrogen-bond acceptors (Lipinski definition) is 8. The van der Waals surface area contributed by atoms with E-state index < -0.39 is 10.6 Å². The molecule has 1 saturated heterocycles. The Morgan fingerprint density at radius 3 is 2.51 bits per heavy atom. The average Bonchev–Trinajstić information content (AvgIpc) is 3.52. The third kappa shape index (κ3) is 9.11. The summed E-state index contributed by atoms with van der Waals surface area (Å²) in [6.45, 7) is 7.51. The molecule has 4 rings (SSSR count). The minimum absolute atomic E-state index is 0.243. The van der Waals surface area contributed by atoms with Gasteiger partial charge in [-0.15, -0.1) is 11.3 Å². The molecule has 1 fully saturated rings. The van der Waals surface area contributed by atoms with Crippen LogP contribution in [0.2, 0.25) is 9.49 Å². The van der Waals surface area contributed by atoms with E-state index in [1.54, 1.807) is 34.1 Å². The number of benzene rings is 1. The van der Waals surface area contributed by atoms with Crippen molar-refractivity contribution >= 4 is 40.5 Å². The summed E-state index contributed by atoms with van der Waals surface area (Å²) in [6.07, 6.45) is 6.20. The highest BCUT2D eigenvalue weighted by Crippen LogP contribution is 2.35. The Labute approximate surface area is 241 Å². The maximum atomic E-state index is 11.1. The van der Waals surface area contributed by atoms with Crippen molar-refractivity contribution in [2.24, 2.45) is 10.5 Å². The normalized spacial score (nSPS) is 16.5. The SMILES string of the molecule is CC(C)(C)C(O)(CCc1ccc(Cl)cc1)Cn1cncn1.CN1COCN(Cc2cnc(Cl)s2)/C1=N/[N+](=O)[O-]. The molecule has 39 heavy (non-hydrogen) atoms. The lowest BCUT2D eigenvalue weighted by Gasteiger charge is -2.40. The monoisotopic (exact) mass is 598 g/mol. The molecule has 1 aliphatic rings. The van der Waals surface area contributed by atoms with Crippen molar-refractivity contribution < 1.29 is 14.9 Å². The molecule has 0 bridgehead atoms. The van der Waals surface area contributed by atoms with E-state index in [2.05, 4.69) is 20.2 Å². The van der Waals surface area contributed by atoms with Gasteiger partial charge in [0.2, 0.25) is 0 Å². The van der Waals surface area contributed by atoms with Gasteiger partial charge in [-0.1, -0.05) is 56.1 Å². The largest absolute Gasteiger partial charge is 0.387 e.